The predicted octanol–water partition coefficient (Wildman–Crippen LogP) is 3.33. The van der Waals surface area contributed by atoms with Crippen LogP contribution in [0.5, 0.6) is 0 Å². The third-order valence-corrected chi connectivity index (χ3v) is 9.27. The smallest absolute Gasteiger partial charge is 0.171 e. The van der Waals surface area contributed by atoms with Crippen LogP contribution in [0.1, 0.15) is 46.1 Å². The van der Waals surface area contributed by atoms with E-state index in [4.69, 9.17) is 0 Å². The van der Waals surface area contributed by atoms with Gasteiger partial charge in [0, 0.05) is 10.0 Å². The molecule has 26 heavy (non-hydrogen) atoms. The summed E-state index contributed by atoms with van der Waals surface area (Å²) in [4.78, 5) is 0. The largest absolute Gasteiger partial charge is 0.242 e. The van der Waals surface area contributed by atoms with Crippen molar-refractivity contribution in [3.8, 4) is 6.07 Å². The van der Waals surface area contributed by atoms with Gasteiger partial charge >= 0.3 is 0 Å². The highest BCUT2D eigenvalue weighted by Crippen LogP contribution is 2.45. The summed E-state index contributed by atoms with van der Waals surface area (Å²) < 4.78 is 54.3. The lowest BCUT2D eigenvalue weighted by molar-refractivity contribution is 0.450. The lowest BCUT2D eigenvalue weighted by Crippen LogP contribution is -2.51. The van der Waals surface area contributed by atoms with Gasteiger partial charge in [-0.15, -0.1) is 0 Å². The topological polar surface area (TPSA) is 87.0 Å². The SMILES string of the molecule is CC(C)(C)S(=O)N[C@@](C)(CS(=O)(=O)C1(C#N)CC1)c1cc(Br)ccc1F. The average molecular weight is 465 g/mol. The number of nitrogens with one attached hydrogen (secondary N) is 1. The highest BCUT2D eigenvalue weighted by Gasteiger charge is 2.57. The first-order chi connectivity index (χ1) is 11.8. The third kappa shape index (κ3) is 4.19. The Hall–Kier alpha value is -0.820. The number of hydrogen-bond acceptors (Lipinski definition) is 4. The van der Waals surface area contributed by atoms with Gasteiger partial charge in [0.15, 0.2) is 14.6 Å². The van der Waals surface area contributed by atoms with E-state index in [0.29, 0.717) is 4.47 Å². The predicted molar refractivity (Wildman–Crippen MR) is 104 cm³/mol. The highest BCUT2D eigenvalue weighted by molar-refractivity contribution is 9.10. The Morgan fingerprint density at radius 3 is 2.38 bits per heavy atom. The van der Waals surface area contributed by atoms with Crippen LogP contribution in [0.25, 0.3) is 0 Å². The van der Waals surface area contributed by atoms with E-state index in [1.165, 1.54) is 25.1 Å². The average Bonchev–Trinajstić information content (AvgIpc) is 3.29. The molecule has 0 radical (unpaired) electrons. The normalized spacial score (nSPS) is 20.0. The van der Waals surface area contributed by atoms with Crippen molar-refractivity contribution in [1.29, 1.82) is 5.26 Å². The molecule has 1 N–H and O–H groups in total. The lowest BCUT2D eigenvalue weighted by atomic mass is 9.95. The summed E-state index contributed by atoms with van der Waals surface area (Å²) in [6, 6.07) is 6.09. The maximum Gasteiger partial charge on any atom is 0.171 e. The van der Waals surface area contributed by atoms with Crippen LogP contribution in [0, 0.1) is 17.1 Å². The molecule has 9 heteroatoms. The quantitative estimate of drug-likeness (QED) is 0.699. The van der Waals surface area contributed by atoms with Gasteiger partial charge in [-0.1, -0.05) is 15.9 Å². The minimum atomic E-state index is -3.87. The number of hydrogen-bond donors (Lipinski definition) is 1. The maximum absolute atomic E-state index is 14.6. The fourth-order valence-corrected chi connectivity index (χ4v) is 6.04. The molecule has 0 aromatic heterocycles. The second-order valence-electron chi connectivity index (χ2n) is 7.80. The molecule has 1 saturated carbocycles. The van der Waals surface area contributed by atoms with Gasteiger partial charge in [0.2, 0.25) is 0 Å². The van der Waals surface area contributed by atoms with Crippen LogP contribution in [-0.4, -0.2) is 27.9 Å². The molecule has 0 heterocycles. The molecule has 0 bridgehead atoms. The van der Waals surface area contributed by atoms with E-state index in [-0.39, 0.29) is 18.4 Å². The van der Waals surface area contributed by atoms with Crippen molar-refractivity contribution in [2.45, 2.75) is 55.6 Å². The zero-order valence-corrected chi connectivity index (χ0v) is 18.3. The number of benzene rings is 1. The summed E-state index contributed by atoms with van der Waals surface area (Å²) in [6.45, 7) is 6.71. The van der Waals surface area contributed by atoms with Crippen LogP contribution in [0.15, 0.2) is 22.7 Å². The van der Waals surface area contributed by atoms with Crippen molar-refractivity contribution in [1.82, 2.24) is 4.72 Å². The van der Waals surface area contributed by atoms with E-state index < -0.39 is 47.4 Å². The molecule has 1 unspecified atom stereocenters. The Labute approximate surface area is 165 Å². The first-order valence-electron chi connectivity index (χ1n) is 8.05. The molecule has 0 aliphatic heterocycles. The summed E-state index contributed by atoms with van der Waals surface area (Å²) in [5.74, 6) is -1.13. The Bertz CT molecular complexity index is 886. The molecule has 0 saturated heterocycles. The second-order valence-corrected chi connectivity index (χ2v) is 13.0. The number of halogens is 2. The van der Waals surface area contributed by atoms with Crippen LogP contribution in [0.4, 0.5) is 4.39 Å². The minimum absolute atomic E-state index is 0.0850. The molecular formula is C17H22BrFN2O3S2. The fraction of sp³-hybridized carbons (Fsp3) is 0.588. The van der Waals surface area contributed by atoms with Crippen LogP contribution < -0.4 is 4.72 Å². The van der Waals surface area contributed by atoms with E-state index in [0.717, 1.165) is 0 Å². The van der Waals surface area contributed by atoms with Gasteiger partial charge in [0.1, 0.15) is 5.82 Å². The van der Waals surface area contributed by atoms with Crippen molar-refractivity contribution in [2.75, 3.05) is 5.75 Å². The van der Waals surface area contributed by atoms with E-state index in [9.17, 15) is 22.3 Å². The van der Waals surface area contributed by atoms with Gasteiger partial charge in [-0.2, -0.15) is 5.26 Å². The molecule has 1 fully saturated rings. The van der Waals surface area contributed by atoms with Crippen molar-refractivity contribution in [3.63, 3.8) is 0 Å². The molecule has 5 nitrogen and oxygen atoms in total. The molecule has 1 aliphatic rings. The van der Waals surface area contributed by atoms with Crippen molar-refractivity contribution >= 4 is 36.8 Å². The number of rotatable bonds is 6. The van der Waals surface area contributed by atoms with E-state index in [1.54, 1.807) is 20.8 Å². The van der Waals surface area contributed by atoms with Crippen LogP contribution >= 0.6 is 15.9 Å². The summed E-state index contributed by atoms with van der Waals surface area (Å²) in [5, 5.41) is 9.28. The number of sulfone groups is 1. The fourth-order valence-electron chi connectivity index (χ4n) is 2.56. The molecule has 2 rings (SSSR count). The van der Waals surface area contributed by atoms with Gasteiger partial charge in [0.05, 0.1) is 33.1 Å². The van der Waals surface area contributed by atoms with Gasteiger partial charge < -0.3 is 0 Å². The molecule has 1 aromatic rings. The standard InChI is InChI=1S/C17H22BrFN2O3S2/c1-15(2,3)25(22)21-16(4,13-9-12(18)5-6-14(13)19)11-26(23,24)17(10-20)7-8-17/h5-6,9,21H,7-8,11H2,1-4H3/t16-,25?/m0/s1. The van der Waals surface area contributed by atoms with Crippen molar-refractivity contribution < 1.29 is 17.0 Å². The zero-order chi connectivity index (χ0) is 20.0. The molecule has 0 amide bonds. The van der Waals surface area contributed by atoms with Crippen molar-refractivity contribution in [2.24, 2.45) is 0 Å². The summed E-state index contributed by atoms with van der Waals surface area (Å²) in [7, 11) is -5.51. The Kier molecular flexibility index (Phi) is 5.76. The van der Waals surface area contributed by atoms with E-state index in [2.05, 4.69) is 20.7 Å². The van der Waals surface area contributed by atoms with Gasteiger partial charge in [-0.25, -0.2) is 21.7 Å². The second kappa shape index (κ2) is 6.97. The zero-order valence-electron chi connectivity index (χ0n) is 15.1. The Morgan fingerprint density at radius 2 is 1.92 bits per heavy atom. The highest BCUT2D eigenvalue weighted by atomic mass is 79.9. The molecule has 2 atom stereocenters. The summed E-state index contributed by atoms with van der Waals surface area (Å²) in [5.41, 5.74) is -1.38. The van der Waals surface area contributed by atoms with Crippen molar-refractivity contribution in [3.05, 3.63) is 34.1 Å². The third-order valence-electron chi connectivity index (χ3n) is 4.38. The van der Waals surface area contributed by atoms with E-state index >= 15 is 0 Å². The van der Waals surface area contributed by atoms with E-state index in [1.807, 2.05) is 6.07 Å². The van der Waals surface area contributed by atoms with Gasteiger partial charge in [0.25, 0.3) is 0 Å². The Morgan fingerprint density at radius 1 is 1.35 bits per heavy atom. The van der Waals surface area contributed by atoms with Gasteiger partial charge in [-0.05, 0) is 58.7 Å². The van der Waals surface area contributed by atoms with Crippen LogP contribution in [0.3, 0.4) is 0 Å². The molecule has 144 valence electrons. The molecule has 1 aromatic carbocycles. The lowest BCUT2D eigenvalue weighted by Gasteiger charge is -2.34. The summed E-state index contributed by atoms with van der Waals surface area (Å²) >= 11 is 3.27. The minimum Gasteiger partial charge on any atom is -0.242 e. The molecule has 0 spiro atoms. The van der Waals surface area contributed by atoms with Crippen LogP contribution in [0.2, 0.25) is 0 Å². The number of nitriles is 1. The number of nitrogens with zero attached hydrogens (tertiary/aromatic N) is 1. The maximum atomic E-state index is 14.6. The first kappa shape index (κ1) is 21.5. The van der Waals surface area contributed by atoms with Gasteiger partial charge in [-0.3, -0.25) is 0 Å². The molecule has 1 aliphatic carbocycles. The summed E-state index contributed by atoms with van der Waals surface area (Å²) in [6.07, 6.45) is 0.538. The van der Waals surface area contributed by atoms with Crippen LogP contribution in [-0.2, 0) is 26.4 Å². The monoisotopic (exact) mass is 464 g/mol. The molecular weight excluding hydrogens is 443 g/mol. The Balaban J connectivity index is 2.54. The first-order valence-corrected chi connectivity index (χ1v) is 11.6.